The second-order valence-electron chi connectivity index (χ2n) is 6.41. The zero-order chi connectivity index (χ0) is 20.6. The summed E-state index contributed by atoms with van der Waals surface area (Å²) in [4.78, 5) is 12.0. The van der Waals surface area contributed by atoms with Crippen LogP contribution < -0.4 is 0 Å². The third-order valence-electron chi connectivity index (χ3n) is 3.41. The van der Waals surface area contributed by atoms with Crippen LogP contribution in [0, 0.1) is 5.92 Å². The molecular formula is C16H25F7O2S. The molecule has 0 saturated heterocycles. The fourth-order valence-electron chi connectivity index (χ4n) is 1.88. The van der Waals surface area contributed by atoms with Crippen LogP contribution in [0.25, 0.3) is 0 Å². The highest BCUT2D eigenvalue weighted by atomic mass is 32.2. The normalized spacial score (nSPS) is 14.6. The van der Waals surface area contributed by atoms with E-state index < -0.39 is 42.1 Å². The maximum absolute atomic E-state index is 13.2. The number of esters is 1. The molecule has 2 nitrogen and oxygen atoms in total. The van der Waals surface area contributed by atoms with Crippen LogP contribution in [0.4, 0.5) is 30.7 Å². The van der Waals surface area contributed by atoms with Crippen molar-refractivity contribution in [2.75, 3.05) is 12.4 Å². The molecule has 0 radical (unpaired) electrons. The van der Waals surface area contributed by atoms with Gasteiger partial charge in [-0.2, -0.15) is 30.7 Å². The third-order valence-corrected chi connectivity index (χ3v) is 4.77. The van der Waals surface area contributed by atoms with Crippen LogP contribution in [-0.4, -0.2) is 41.6 Å². The molecule has 0 spiro atoms. The van der Waals surface area contributed by atoms with Gasteiger partial charge in [0.2, 0.25) is 0 Å². The zero-order valence-corrected chi connectivity index (χ0v) is 15.8. The number of carbonyl (C=O) groups excluding carboxylic acids is 1. The molecule has 0 aromatic heterocycles. The van der Waals surface area contributed by atoms with Crippen molar-refractivity contribution >= 4 is 17.7 Å². The summed E-state index contributed by atoms with van der Waals surface area (Å²) in [5.74, 6) is -11.8. The van der Waals surface area contributed by atoms with Gasteiger partial charge in [0.15, 0.2) is 0 Å². The van der Waals surface area contributed by atoms with Gasteiger partial charge in [0.1, 0.15) is 5.25 Å². The maximum Gasteiger partial charge on any atom is 0.459 e. The van der Waals surface area contributed by atoms with E-state index in [-0.39, 0.29) is 18.3 Å². The van der Waals surface area contributed by atoms with Crippen LogP contribution in [0.2, 0.25) is 0 Å². The molecule has 0 saturated carbocycles. The van der Waals surface area contributed by atoms with Gasteiger partial charge in [-0.25, -0.2) is 0 Å². The highest BCUT2D eigenvalue weighted by Crippen LogP contribution is 2.48. The number of rotatable bonds is 12. The van der Waals surface area contributed by atoms with Gasteiger partial charge in [-0.15, -0.1) is 11.8 Å². The number of alkyl halides is 7. The van der Waals surface area contributed by atoms with Crippen LogP contribution in [-0.2, 0) is 9.53 Å². The Balaban J connectivity index is 4.59. The van der Waals surface area contributed by atoms with Gasteiger partial charge >= 0.3 is 24.0 Å². The molecule has 0 aromatic rings. The Morgan fingerprint density at radius 1 is 1.04 bits per heavy atom. The average Bonchev–Trinajstić information content (AvgIpc) is 2.50. The Kier molecular flexibility index (Phi) is 10.3. The number of thioether (sulfide) groups is 1. The van der Waals surface area contributed by atoms with Gasteiger partial charge in [-0.05, 0) is 24.5 Å². The summed E-state index contributed by atoms with van der Waals surface area (Å²) < 4.78 is 93.3. The molecule has 0 bridgehead atoms. The lowest BCUT2D eigenvalue weighted by molar-refractivity contribution is -0.355. The molecule has 26 heavy (non-hydrogen) atoms. The van der Waals surface area contributed by atoms with Crippen LogP contribution in [0.3, 0.4) is 0 Å². The molecule has 10 heteroatoms. The van der Waals surface area contributed by atoms with E-state index in [1.54, 1.807) is 0 Å². The molecule has 0 N–H and O–H groups in total. The van der Waals surface area contributed by atoms with E-state index >= 15 is 0 Å². The predicted molar refractivity (Wildman–Crippen MR) is 86.8 cm³/mol. The quantitative estimate of drug-likeness (QED) is 0.220. The molecule has 0 aliphatic rings. The molecule has 0 heterocycles. The van der Waals surface area contributed by atoms with E-state index in [0.29, 0.717) is 12.8 Å². The summed E-state index contributed by atoms with van der Waals surface area (Å²) in [5, 5.41) is -0.648. The molecule has 0 fully saturated rings. The molecular weight excluding hydrogens is 389 g/mol. The SMILES string of the molecule is CCCCC(SCCCC(F)(F)C(F)(F)C(F)(F)F)C(=O)OCC(C)C. The van der Waals surface area contributed by atoms with Crippen molar-refractivity contribution in [1.82, 2.24) is 0 Å². The Labute approximate surface area is 153 Å². The highest BCUT2D eigenvalue weighted by molar-refractivity contribution is 8.00. The maximum atomic E-state index is 13.2. The molecule has 0 aromatic carbocycles. The molecule has 156 valence electrons. The minimum Gasteiger partial charge on any atom is -0.465 e. The number of hydrogen-bond donors (Lipinski definition) is 0. The van der Waals surface area contributed by atoms with Crippen molar-refractivity contribution in [2.45, 2.75) is 76.1 Å². The second kappa shape index (κ2) is 10.6. The molecule has 1 atom stereocenters. The van der Waals surface area contributed by atoms with Crippen molar-refractivity contribution < 1.29 is 40.3 Å². The van der Waals surface area contributed by atoms with E-state index in [4.69, 9.17) is 4.74 Å². The number of ether oxygens (including phenoxy) is 1. The summed E-state index contributed by atoms with van der Waals surface area (Å²) >= 11 is 0.946. The van der Waals surface area contributed by atoms with Crippen molar-refractivity contribution in [3.05, 3.63) is 0 Å². The first-order chi connectivity index (χ1) is 11.8. The first kappa shape index (κ1) is 25.3. The van der Waals surface area contributed by atoms with Crippen LogP contribution in [0.15, 0.2) is 0 Å². The number of hydrogen-bond acceptors (Lipinski definition) is 3. The molecule has 1 unspecified atom stereocenters. The van der Waals surface area contributed by atoms with Crippen molar-refractivity contribution in [1.29, 1.82) is 0 Å². The lowest BCUT2D eigenvalue weighted by Gasteiger charge is -2.28. The summed E-state index contributed by atoms with van der Waals surface area (Å²) in [6.45, 7) is 5.76. The number of carbonyl (C=O) groups is 1. The first-order valence-electron chi connectivity index (χ1n) is 8.36. The molecule has 0 aliphatic heterocycles. The Morgan fingerprint density at radius 2 is 1.62 bits per heavy atom. The largest absolute Gasteiger partial charge is 0.465 e. The fourth-order valence-corrected chi connectivity index (χ4v) is 3.02. The monoisotopic (exact) mass is 414 g/mol. The van der Waals surface area contributed by atoms with Gasteiger partial charge in [0.25, 0.3) is 0 Å². The topological polar surface area (TPSA) is 26.3 Å². The average molecular weight is 414 g/mol. The van der Waals surface area contributed by atoms with Gasteiger partial charge in [-0.3, -0.25) is 4.79 Å². The highest BCUT2D eigenvalue weighted by Gasteiger charge is 2.72. The Morgan fingerprint density at radius 3 is 2.08 bits per heavy atom. The van der Waals surface area contributed by atoms with Crippen molar-refractivity contribution in [3.8, 4) is 0 Å². The van der Waals surface area contributed by atoms with Crippen LogP contribution >= 0.6 is 11.8 Å². The number of unbranched alkanes of at least 4 members (excludes halogenated alkanes) is 1. The summed E-state index contributed by atoms with van der Waals surface area (Å²) in [6, 6.07) is 0. The second-order valence-corrected chi connectivity index (χ2v) is 7.72. The van der Waals surface area contributed by atoms with E-state index in [1.165, 1.54) is 0 Å². The van der Waals surface area contributed by atoms with Crippen LogP contribution in [0.5, 0.6) is 0 Å². The van der Waals surface area contributed by atoms with Crippen molar-refractivity contribution in [3.63, 3.8) is 0 Å². The molecule has 0 aliphatic carbocycles. The fraction of sp³-hybridized carbons (Fsp3) is 0.938. The smallest absolute Gasteiger partial charge is 0.459 e. The number of halogens is 7. The minimum atomic E-state index is -6.31. The molecule has 0 amide bonds. The summed E-state index contributed by atoms with van der Waals surface area (Å²) in [6.07, 6.45) is -6.63. The van der Waals surface area contributed by atoms with E-state index in [0.717, 1.165) is 18.2 Å². The Bertz CT molecular complexity index is 425. The molecule has 0 rings (SSSR count). The van der Waals surface area contributed by atoms with Gasteiger partial charge < -0.3 is 4.74 Å². The third kappa shape index (κ3) is 7.92. The van der Waals surface area contributed by atoms with Crippen molar-refractivity contribution in [2.24, 2.45) is 5.92 Å². The minimum absolute atomic E-state index is 0.110. The standard InChI is InChI=1S/C16H25F7O2S/c1-4-5-7-12(13(24)25-10-11(2)3)26-9-6-8-14(17,18)15(19,20)16(21,22)23/h11-12H,4-10H2,1-3H3. The van der Waals surface area contributed by atoms with E-state index in [2.05, 4.69) is 0 Å². The lowest BCUT2D eigenvalue weighted by Crippen LogP contribution is -2.51. The van der Waals surface area contributed by atoms with Gasteiger partial charge in [-0.1, -0.05) is 33.6 Å². The predicted octanol–water partition coefficient (Wildman–Crippen LogP) is 6.09. The van der Waals surface area contributed by atoms with E-state index in [9.17, 15) is 35.5 Å². The Hall–Kier alpha value is -0.670. The van der Waals surface area contributed by atoms with E-state index in [1.807, 2.05) is 20.8 Å². The van der Waals surface area contributed by atoms with Gasteiger partial charge in [0, 0.05) is 6.42 Å². The first-order valence-corrected chi connectivity index (χ1v) is 9.41. The van der Waals surface area contributed by atoms with Gasteiger partial charge in [0.05, 0.1) is 6.61 Å². The summed E-state index contributed by atoms with van der Waals surface area (Å²) in [5.41, 5.74) is 0. The zero-order valence-electron chi connectivity index (χ0n) is 15.0. The lowest BCUT2D eigenvalue weighted by atomic mass is 10.1. The summed E-state index contributed by atoms with van der Waals surface area (Å²) in [7, 11) is 0. The van der Waals surface area contributed by atoms with Crippen LogP contribution in [0.1, 0.15) is 52.9 Å².